The summed E-state index contributed by atoms with van der Waals surface area (Å²) in [6, 6.07) is 7.25. The lowest BCUT2D eigenvalue weighted by Crippen LogP contribution is -2.11. The fourth-order valence-corrected chi connectivity index (χ4v) is 1.55. The van der Waals surface area contributed by atoms with Crippen LogP contribution in [-0.2, 0) is 4.79 Å². The molecule has 0 aliphatic heterocycles. The van der Waals surface area contributed by atoms with Crippen LogP contribution in [0.4, 0.5) is 11.4 Å². The highest BCUT2D eigenvalue weighted by molar-refractivity contribution is 5.91. The van der Waals surface area contributed by atoms with Gasteiger partial charge in [0.2, 0.25) is 5.91 Å². The van der Waals surface area contributed by atoms with Gasteiger partial charge in [-0.05, 0) is 24.6 Å². The van der Waals surface area contributed by atoms with Gasteiger partial charge in [-0.2, -0.15) is 0 Å². The molecule has 0 fully saturated rings. The Hall–Kier alpha value is -1.51. The van der Waals surface area contributed by atoms with Crippen molar-refractivity contribution in [2.75, 3.05) is 11.1 Å². The standard InChI is InChI=1S/C13H20N2O/c1-2-3-4-5-9-13(16)15-12-8-6-7-11(14)10-12/h6-8,10H,2-5,9,14H2,1H3,(H,15,16). The number of unbranched alkanes of at least 4 members (excludes halogenated alkanes) is 3. The molecule has 0 radical (unpaired) electrons. The van der Waals surface area contributed by atoms with Gasteiger partial charge in [-0.15, -0.1) is 0 Å². The number of carbonyl (C=O) groups excluding carboxylic acids is 1. The van der Waals surface area contributed by atoms with Crippen molar-refractivity contribution in [3.8, 4) is 0 Å². The van der Waals surface area contributed by atoms with Gasteiger partial charge < -0.3 is 11.1 Å². The van der Waals surface area contributed by atoms with Crippen LogP contribution in [0.3, 0.4) is 0 Å². The molecule has 3 N–H and O–H groups in total. The molecule has 0 bridgehead atoms. The number of benzene rings is 1. The van der Waals surface area contributed by atoms with Crippen molar-refractivity contribution in [1.29, 1.82) is 0 Å². The molecule has 1 rings (SSSR count). The number of nitrogens with one attached hydrogen (secondary N) is 1. The number of nitrogen functional groups attached to an aromatic ring is 1. The highest BCUT2D eigenvalue weighted by Gasteiger charge is 2.01. The van der Waals surface area contributed by atoms with E-state index in [1.165, 1.54) is 12.8 Å². The van der Waals surface area contributed by atoms with Gasteiger partial charge in [-0.1, -0.05) is 32.3 Å². The van der Waals surface area contributed by atoms with Crippen LogP contribution in [0, 0.1) is 0 Å². The number of hydrogen-bond donors (Lipinski definition) is 2. The Morgan fingerprint density at radius 1 is 1.31 bits per heavy atom. The van der Waals surface area contributed by atoms with E-state index >= 15 is 0 Å². The van der Waals surface area contributed by atoms with Crippen molar-refractivity contribution in [3.63, 3.8) is 0 Å². The van der Waals surface area contributed by atoms with E-state index in [1.54, 1.807) is 12.1 Å². The van der Waals surface area contributed by atoms with Crippen molar-refractivity contribution in [2.24, 2.45) is 0 Å². The average Bonchev–Trinajstić information content (AvgIpc) is 2.24. The third kappa shape index (κ3) is 4.82. The number of hydrogen-bond acceptors (Lipinski definition) is 2. The predicted molar refractivity (Wildman–Crippen MR) is 68.2 cm³/mol. The van der Waals surface area contributed by atoms with Gasteiger partial charge >= 0.3 is 0 Å². The molecular formula is C13H20N2O. The summed E-state index contributed by atoms with van der Waals surface area (Å²) < 4.78 is 0. The fourth-order valence-electron chi connectivity index (χ4n) is 1.55. The molecule has 3 nitrogen and oxygen atoms in total. The molecule has 0 saturated carbocycles. The van der Waals surface area contributed by atoms with Gasteiger partial charge in [0.15, 0.2) is 0 Å². The minimum Gasteiger partial charge on any atom is -0.399 e. The predicted octanol–water partition coefficient (Wildman–Crippen LogP) is 3.18. The Labute approximate surface area is 97.0 Å². The third-order valence-electron chi connectivity index (χ3n) is 2.43. The van der Waals surface area contributed by atoms with Crippen LogP contribution in [0.15, 0.2) is 24.3 Å². The summed E-state index contributed by atoms with van der Waals surface area (Å²) in [7, 11) is 0. The molecule has 0 aliphatic rings. The van der Waals surface area contributed by atoms with Crippen molar-refractivity contribution in [3.05, 3.63) is 24.3 Å². The van der Waals surface area contributed by atoms with Crippen LogP contribution in [0.1, 0.15) is 39.0 Å². The Morgan fingerprint density at radius 3 is 2.81 bits per heavy atom. The Morgan fingerprint density at radius 2 is 2.12 bits per heavy atom. The van der Waals surface area contributed by atoms with E-state index in [0.29, 0.717) is 12.1 Å². The maximum atomic E-state index is 11.5. The molecule has 88 valence electrons. The van der Waals surface area contributed by atoms with Crippen molar-refractivity contribution in [1.82, 2.24) is 0 Å². The summed E-state index contributed by atoms with van der Waals surface area (Å²) in [4.78, 5) is 11.5. The summed E-state index contributed by atoms with van der Waals surface area (Å²) >= 11 is 0. The van der Waals surface area contributed by atoms with Crippen LogP contribution in [0.25, 0.3) is 0 Å². The Kier molecular flexibility index (Phi) is 5.40. The molecule has 1 aromatic carbocycles. The Bertz CT molecular complexity index is 336. The van der Waals surface area contributed by atoms with Crippen LogP contribution < -0.4 is 11.1 Å². The number of rotatable bonds is 6. The zero-order chi connectivity index (χ0) is 11.8. The minimum atomic E-state index is 0.0710. The van der Waals surface area contributed by atoms with Crippen LogP contribution in [0.2, 0.25) is 0 Å². The zero-order valence-corrected chi connectivity index (χ0v) is 9.83. The second-order valence-electron chi connectivity index (χ2n) is 3.98. The van der Waals surface area contributed by atoms with Crippen LogP contribution >= 0.6 is 0 Å². The zero-order valence-electron chi connectivity index (χ0n) is 9.83. The molecule has 0 spiro atoms. The molecule has 0 unspecified atom stereocenters. The van der Waals surface area contributed by atoms with E-state index in [1.807, 2.05) is 12.1 Å². The average molecular weight is 220 g/mol. The third-order valence-corrected chi connectivity index (χ3v) is 2.43. The molecule has 1 aromatic rings. The molecular weight excluding hydrogens is 200 g/mol. The normalized spacial score (nSPS) is 10.1. The number of nitrogens with two attached hydrogens (primary N) is 1. The molecule has 0 heterocycles. The van der Waals surface area contributed by atoms with Crippen molar-refractivity contribution >= 4 is 17.3 Å². The Balaban J connectivity index is 2.29. The van der Waals surface area contributed by atoms with Gasteiger partial charge in [-0.25, -0.2) is 0 Å². The van der Waals surface area contributed by atoms with E-state index in [9.17, 15) is 4.79 Å². The second kappa shape index (κ2) is 6.88. The first-order chi connectivity index (χ1) is 7.72. The van der Waals surface area contributed by atoms with Crippen LogP contribution in [0.5, 0.6) is 0 Å². The van der Waals surface area contributed by atoms with E-state index in [4.69, 9.17) is 5.73 Å². The molecule has 0 aromatic heterocycles. The van der Waals surface area contributed by atoms with E-state index in [2.05, 4.69) is 12.2 Å². The monoisotopic (exact) mass is 220 g/mol. The molecule has 3 heteroatoms. The lowest BCUT2D eigenvalue weighted by molar-refractivity contribution is -0.116. The number of carbonyl (C=O) groups is 1. The van der Waals surface area contributed by atoms with Gasteiger partial charge in [-0.3, -0.25) is 4.79 Å². The lowest BCUT2D eigenvalue weighted by Gasteiger charge is -2.05. The summed E-state index contributed by atoms with van der Waals surface area (Å²) in [5.74, 6) is 0.0710. The fraction of sp³-hybridized carbons (Fsp3) is 0.462. The van der Waals surface area contributed by atoms with Gasteiger partial charge in [0, 0.05) is 17.8 Å². The largest absolute Gasteiger partial charge is 0.399 e. The topological polar surface area (TPSA) is 55.1 Å². The van der Waals surface area contributed by atoms with Gasteiger partial charge in [0.05, 0.1) is 0 Å². The van der Waals surface area contributed by atoms with E-state index in [-0.39, 0.29) is 5.91 Å². The van der Waals surface area contributed by atoms with Crippen LogP contribution in [-0.4, -0.2) is 5.91 Å². The van der Waals surface area contributed by atoms with E-state index < -0.39 is 0 Å². The van der Waals surface area contributed by atoms with E-state index in [0.717, 1.165) is 18.5 Å². The second-order valence-corrected chi connectivity index (χ2v) is 3.98. The first-order valence-corrected chi connectivity index (χ1v) is 5.87. The highest BCUT2D eigenvalue weighted by Crippen LogP contribution is 2.12. The summed E-state index contributed by atoms with van der Waals surface area (Å²) in [5.41, 5.74) is 7.07. The first-order valence-electron chi connectivity index (χ1n) is 5.87. The quantitative estimate of drug-likeness (QED) is 0.571. The van der Waals surface area contributed by atoms with Gasteiger partial charge in [0.1, 0.15) is 0 Å². The molecule has 0 aliphatic carbocycles. The summed E-state index contributed by atoms with van der Waals surface area (Å²) in [6.07, 6.45) is 5.07. The minimum absolute atomic E-state index is 0.0710. The smallest absolute Gasteiger partial charge is 0.224 e. The summed E-state index contributed by atoms with van der Waals surface area (Å²) in [6.45, 7) is 2.16. The lowest BCUT2D eigenvalue weighted by atomic mass is 10.1. The molecule has 1 amide bonds. The maximum Gasteiger partial charge on any atom is 0.224 e. The maximum absolute atomic E-state index is 11.5. The molecule has 16 heavy (non-hydrogen) atoms. The number of amides is 1. The van der Waals surface area contributed by atoms with Crippen molar-refractivity contribution < 1.29 is 4.79 Å². The first kappa shape index (κ1) is 12.6. The number of anilines is 2. The van der Waals surface area contributed by atoms with Crippen molar-refractivity contribution in [2.45, 2.75) is 39.0 Å². The SMILES string of the molecule is CCCCCCC(=O)Nc1cccc(N)c1. The molecule has 0 atom stereocenters. The molecule has 0 saturated heterocycles. The summed E-state index contributed by atoms with van der Waals surface area (Å²) in [5, 5.41) is 2.84. The van der Waals surface area contributed by atoms with Gasteiger partial charge in [0.25, 0.3) is 0 Å². The highest BCUT2D eigenvalue weighted by atomic mass is 16.1.